The van der Waals surface area contributed by atoms with E-state index in [9.17, 15) is 4.79 Å². The van der Waals surface area contributed by atoms with Crippen molar-refractivity contribution in [2.45, 2.75) is 12.8 Å². The molecule has 0 aromatic heterocycles. The third-order valence-electron chi connectivity index (χ3n) is 1.04. The van der Waals surface area contributed by atoms with Gasteiger partial charge in [-0.3, -0.25) is 4.67 Å². The fraction of sp³-hybridized carbons (Fsp3) is 0.800. The van der Waals surface area contributed by atoms with E-state index >= 15 is 0 Å². The summed E-state index contributed by atoms with van der Waals surface area (Å²) in [7, 11) is 5.50. The second-order valence-electron chi connectivity index (χ2n) is 1.86. The van der Waals surface area contributed by atoms with Gasteiger partial charge in [-0.05, 0) is 21.9 Å². The molecule has 2 nitrogen and oxygen atoms in total. The standard InChI is InChI=1S/C5H13NOP2/c1-6(9-8)4-2-3-5-7/h5,9H,2-4,8H2,1H3. The maximum atomic E-state index is 9.85. The summed E-state index contributed by atoms with van der Waals surface area (Å²) in [6, 6.07) is 0. The fourth-order valence-corrected chi connectivity index (χ4v) is 1.15. The number of rotatable bonds is 5. The Morgan fingerprint density at radius 3 is 2.89 bits per heavy atom. The van der Waals surface area contributed by atoms with Crippen LogP contribution in [0.4, 0.5) is 0 Å². The van der Waals surface area contributed by atoms with Crippen molar-refractivity contribution in [3.05, 3.63) is 0 Å². The van der Waals surface area contributed by atoms with Crippen molar-refractivity contribution in [1.82, 2.24) is 4.67 Å². The van der Waals surface area contributed by atoms with Crippen LogP contribution < -0.4 is 0 Å². The first kappa shape index (κ1) is 9.49. The first-order valence-electron chi connectivity index (χ1n) is 2.92. The van der Waals surface area contributed by atoms with Crippen LogP contribution in [0.5, 0.6) is 0 Å². The van der Waals surface area contributed by atoms with Gasteiger partial charge in [0.1, 0.15) is 6.29 Å². The van der Waals surface area contributed by atoms with Crippen LogP contribution in [0.25, 0.3) is 0 Å². The van der Waals surface area contributed by atoms with Gasteiger partial charge in [0.2, 0.25) is 0 Å². The van der Waals surface area contributed by atoms with Gasteiger partial charge in [-0.1, -0.05) is 8.93 Å². The molecule has 2 unspecified atom stereocenters. The van der Waals surface area contributed by atoms with Gasteiger partial charge in [0, 0.05) is 13.0 Å². The molecule has 2 atom stereocenters. The van der Waals surface area contributed by atoms with Crippen LogP contribution >= 0.6 is 17.3 Å². The normalized spacial score (nSPS) is 11.4. The van der Waals surface area contributed by atoms with E-state index in [4.69, 9.17) is 0 Å². The lowest BCUT2D eigenvalue weighted by atomic mass is 10.3. The number of hydrogen-bond donors (Lipinski definition) is 0. The Morgan fingerprint density at radius 2 is 2.44 bits per heavy atom. The Hall–Kier alpha value is 0.490. The minimum absolute atomic E-state index is 0.694. The van der Waals surface area contributed by atoms with E-state index in [1.807, 2.05) is 0 Å². The summed E-state index contributed by atoms with van der Waals surface area (Å²) >= 11 is 0. The molecule has 4 heteroatoms. The summed E-state index contributed by atoms with van der Waals surface area (Å²) in [5.41, 5.74) is 0. The van der Waals surface area contributed by atoms with Crippen molar-refractivity contribution in [2.75, 3.05) is 13.6 Å². The topological polar surface area (TPSA) is 20.3 Å². The molecule has 0 fully saturated rings. The number of carbonyl (C=O) groups excluding carboxylic acids is 1. The summed E-state index contributed by atoms with van der Waals surface area (Å²) in [6.07, 6.45) is 2.65. The van der Waals surface area contributed by atoms with Gasteiger partial charge >= 0.3 is 0 Å². The lowest BCUT2D eigenvalue weighted by molar-refractivity contribution is -0.107. The Kier molecular flexibility index (Phi) is 6.97. The minimum Gasteiger partial charge on any atom is -0.303 e. The highest BCUT2D eigenvalue weighted by molar-refractivity contribution is 8.01. The zero-order chi connectivity index (χ0) is 7.11. The first-order valence-corrected chi connectivity index (χ1v) is 5.68. The molecule has 0 spiro atoms. The number of unbranched alkanes of at least 4 members (excludes halogenated alkanes) is 1. The number of carbonyl (C=O) groups is 1. The third-order valence-corrected chi connectivity index (χ3v) is 3.02. The van der Waals surface area contributed by atoms with Crippen LogP contribution in [0.3, 0.4) is 0 Å². The van der Waals surface area contributed by atoms with E-state index in [-0.39, 0.29) is 0 Å². The Balaban J connectivity index is 2.96. The SMILES string of the molecule is CN(CCCC=O)PP. The highest BCUT2D eigenvalue weighted by atomic mass is 32.0. The van der Waals surface area contributed by atoms with Crippen molar-refractivity contribution >= 4 is 23.6 Å². The second-order valence-corrected chi connectivity index (χ2v) is 3.66. The molecule has 0 aliphatic heterocycles. The lowest BCUT2D eigenvalue weighted by Gasteiger charge is -2.10. The van der Waals surface area contributed by atoms with Crippen LogP contribution in [0.2, 0.25) is 0 Å². The van der Waals surface area contributed by atoms with E-state index in [0.717, 1.165) is 27.7 Å². The lowest BCUT2D eigenvalue weighted by Crippen LogP contribution is -2.06. The summed E-state index contributed by atoms with van der Waals surface area (Å²) in [5.74, 6) is 0. The molecule has 0 saturated heterocycles. The summed E-state index contributed by atoms with van der Waals surface area (Å²) < 4.78 is 2.19. The molecule has 0 aromatic carbocycles. The van der Waals surface area contributed by atoms with Crippen molar-refractivity contribution in [1.29, 1.82) is 0 Å². The predicted molar refractivity (Wildman–Crippen MR) is 46.0 cm³/mol. The van der Waals surface area contributed by atoms with Crippen molar-refractivity contribution < 1.29 is 4.79 Å². The quantitative estimate of drug-likeness (QED) is 0.347. The molecule has 0 heterocycles. The van der Waals surface area contributed by atoms with Gasteiger partial charge in [-0.2, -0.15) is 0 Å². The van der Waals surface area contributed by atoms with Crippen LogP contribution in [-0.4, -0.2) is 24.5 Å². The molecule has 0 rings (SSSR count). The maximum absolute atomic E-state index is 9.85. The number of aldehydes is 1. The van der Waals surface area contributed by atoms with Crippen LogP contribution in [-0.2, 0) is 4.79 Å². The van der Waals surface area contributed by atoms with Crippen LogP contribution in [0, 0.1) is 0 Å². The highest BCUT2D eigenvalue weighted by Crippen LogP contribution is 2.23. The monoisotopic (exact) mass is 165 g/mol. The zero-order valence-corrected chi connectivity index (χ0v) is 7.79. The number of nitrogens with zero attached hydrogens (tertiary/aromatic N) is 1. The molecule has 9 heavy (non-hydrogen) atoms. The van der Waals surface area contributed by atoms with E-state index in [1.54, 1.807) is 0 Å². The van der Waals surface area contributed by atoms with Crippen LogP contribution in [0.1, 0.15) is 12.8 Å². The molecule has 0 aliphatic rings. The van der Waals surface area contributed by atoms with Crippen molar-refractivity contribution in [3.63, 3.8) is 0 Å². The van der Waals surface area contributed by atoms with Crippen molar-refractivity contribution in [2.24, 2.45) is 0 Å². The van der Waals surface area contributed by atoms with E-state index in [0.29, 0.717) is 6.42 Å². The molecule has 0 radical (unpaired) electrons. The molecular formula is C5H13NOP2. The molecule has 0 amide bonds. The fourth-order valence-electron chi connectivity index (χ4n) is 0.476. The summed E-state index contributed by atoms with van der Waals surface area (Å²) in [5, 5.41) is 0. The van der Waals surface area contributed by atoms with Gasteiger partial charge in [0.05, 0.1) is 0 Å². The van der Waals surface area contributed by atoms with Gasteiger partial charge in [-0.25, -0.2) is 0 Å². The largest absolute Gasteiger partial charge is 0.303 e. The highest BCUT2D eigenvalue weighted by Gasteiger charge is 1.91. The van der Waals surface area contributed by atoms with E-state index < -0.39 is 0 Å². The van der Waals surface area contributed by atoms with E-state index in [1.165, 1.54) is 0 Å². The molecule has 0 N–H and O–H groups in total. The smallest absolute Gasteiger partial charge is 0.120 e. The van der Waals surface area contributed by atoms with Gasteiger partial charge < -0.3 is 4.79 Å². The zero-order valence-electron chi connectivity index (χ0n) is 5.63. The summed E-state index contributed by atoms with van der Waals surface area (Å²) in [6.45, 7) is 1.03. The van der Waals surface area contributed by atoms with Gasteiger partial charge in [-0.15, -0.1) is 0 Å². The third kappa shape index (κ3) is 6.37. The minimum atomic E-state index is 0.694. The molecule has 0 bridgehead atoms. The Labute approximate surface area is 60.3 Å². The summed E-state index contributed by atoms with van der Waals surface area (Å²) in [4.78, 5) is 9.85. The predicted octanol–water partition coefficient (Wildman–Crippen LogP) is 1.28. The molecular weight excluding hydrogens is 152 g/mol. The molecule has 0 saturated carbocycles. The van der Waals surface area contributed by atoms with Crippen molar-refractivity contribution in [3.8, 4) is 0 Å². The van der Waals surface area contributed by atoms with Crippen LogP contribution in [0.15, 0.2) is 0 Å². The molecule has 54 valence electrons. The van der Waals surface area contributed by atoms with E-state index in [2.05, 4.69) is 20.6 Å². The molecule has 0 aliphatic carbocycles. The Bertz CT molecular complexity index is 79.4. The maximum Gasteiger partial charge on any atom is 0.120 e. The average Bonchev–Trinajstić information content (AvgIpc) is 1.89. The van der Waals surface area contributed by atoms with Gasteiger partial charge in [0.25, 0.3) is 0 Å². The first-order chi connectivity index (χ1) is 4.31. The molecule has 0 aromatic rings. The van der Waals surface area contributed by atoms with Gasteiger partial charge in [0.15, 0.2) is 0 Å². The average molecular weight is 165 g/mol. The Morgan fingerprint density at radius 1 is 1.78 bits per heavy atom. The second kappa shape index (κ2) is 6.61. The number of hydrogen-bond acceptors (Lipinski definition) is 2.